The van der Waals surface area contributed by atoms with E-state index in [1.807, 2.05) is 24.3 Å². The highest BCUT2D eigenvalue weighted by Crippen LogP contribution is 2.23. The molecular formula is C21H22N2O5S. The minimum absolute atomic E-state index is 0.0150. The van der Waals surface area contributed by atoms with Crippen LogP contribution in [0.5, 0.6) is 0 Å². The van der Waals surface area contributed by atoms with Crippen LogP contribution in [0.3, 0.4) is 0 Å². The third kappa shape index (κ3) is 3.94. The zero-order valence-corrected chi connectivity index (χ0v) is 17.5. The molecule has 0 spiro atoms. The van der Waals surface area contributed by atoms with Crippen LogP contribution in [0.25, 0.3) is 10.9 Å². The van der Waals surface area contributed by atoms with Gasteiger partial charge in [0.25, 0.3) is 0 Å². The molecular weight excluding hydrogens is 392 g/mol. The number of fused-ring (bicyclic) bond motifs is 1. The van der Waals surface area contributed by atoms with Crippen LogP contribution >= 0.6 is 0 Å². The van der Waals surface area contributed by atoms with Gasteiger partial charge in [-0.1, -0.05) is 24.3 Å². The monoisotopic (exact) mass is 414 g/mol. The lowest BCUT2D eigenvalue weighted by atomic mass is 10.1. The third-order valence-electron chi connectivity index (χ3n) is 4.71. The number of ketones is 1. The number of hydrogen-bond donors (Lipinski definition) is 1. The normalized spacial score (nSPS) is 11.8. The van der Waals surface area contributed by atoms with Crippen LogP contribution in [0.1, 0.15) is 32.0 Å². The lowest BCUT2D eigenvalue weighted by molar-refractivity contribution is 0.0474. The average Bonchev–Trinajstić information content (AvgIpc) is 3.01. The number of esters is 1. The predicted octanol–water partition coefficient (Wildman–Crippen LogP) is 3.07. The van der Waals surface area contributed by atoms with Crippen molar-refractivity contribution in [3.05, 3.63) is 64.8 Å². The highest BCUT2D eigenvalue weighted by molar-refractivity contribution is 7.89. The number of rotatable bonds is 6. The Labute approximate surface area is 169 Å². The second kappa shape index (κ2) is 7.81. The topological polar surface area (TPSA) is 96.5 Å². The number of aromatic nitrogens is 1. The van der Waals surface area contributed by atoms with E-state index in [1.54, 1.807) is 19.9 Å². The molecule has 0 saturated heterocycles. The van der Waals surface area contributed by atoms with Gasteiger partial charge in [-0.3, -0.25) is 4.79 Å². The number of Topliss-reactive ketones (excluding diaryl/α,β-unsaturated/α-hetero) is 1. The maximum absolute atomic E-state index is 12.7. The molecule has 1 aromatic heterocycles. The van der Waals surface area contributed by atoms with E-state index in [-0.39, 0.29) is 16.2 Å². The number of nitrogens with one attached hydrogen (secondary N) is 1. The predicted molar refractivity (Wildman–Crippen MR) is 110 cm³/mol. The number of carbonyl (C=O) groups is 2. The number of H-pyrrole nitrogens is 1. The lowest BCUT2D eigenvalue weighted by Gasteiger charge is -2.13. The molecule has 7 nitrogen and oxygen atoms in total. The Kier molecular flexibility index (Phi) is 5.59. The molecule has 29 heavy (non-hydrogen) atoms. The molecule has 0 amide bonds. The Morgan fingerprint density at radius 3 is 2.45 bits per heavy atom. The van der Waals surface area contributed by atoms with E-state index in [2.05, 4.69) is 4.98 Å². The molecule has 0 fully saturated rings. The van der Waals surface area contributed by atoms with Gasteiger partial charge in [0.05, 0.1) is 10.5 Å². The standard InChI is InChI=1S/C21H22N2O5S/c1-13-9-10-15(29(26,27)23(3)4)11-17(13)21(25)28-12-19(24)20-14(2)22-18-8-6-5-7-16(18)20/h5-11,22H,12H2,1-4H3. The molecule has 0 aliphatic carbocycles. The fourth-order valence-electron chi connectivity index (χ4n) is 3.11. The highest BCUT2D eigenvalue weighted by Gasteiger charge is 2.22. The number of nitrogens with zero attached hydrogens (tertiary/aromatic N) is 1. The van der Waals surface area contributed by atoms with Gasteiger partial charge in [0.15, 0.2) is 6.61 Å². The Balaban J connectivity index is 1.82. The molecule has 3 aromatic rings. The summed E-state index contributed by atoms with van der Waals surface area (Å²) < 4.78 is 30.9. The number of carbonyl (C=O) groups excluding carboxylic acids is 2. The van der Waals surface area contributed by atoms with Crippen LogP contribution in [-0.4, -0.2) is 50.2 Å². The zero-order valence-electron chi connectivity index (χ0n) is 16.6. The van der Waals surface area contributed by atoms with E-state index >= 15 is 0 Å². The minimum atomic E-state index is -3.69. The van der Waals surface area contributed by atoms with E-state index in [9.17, 15) is 18.0 Å². The average molecular weight is 414 g/mol. The van der Waals surface area contributed by atoms with E-state index in [4.69, 9.17) is 4.74 Å². The fraction of sp³-hybridized carbons (Fsp3) is 0.238. The lowest BCUT2D eigenvalue weighted by Crippen LogP contribution is -2.23. The van der Waals surface area contributed by atoms with Crippen molar-refractivity contribution in [2.45, 2.75) is 18.7 Å². The van der Waals surface area contributed by atoms with Crippen molar-refractivity contribution in [2.75, 3.05) is 20.7 Å². The zero-order chi connectivity index (χ0) is 21.3. The largest absolute Gasteiger partial charge is 0.454 e. The van der Waals surface area contributed by atoms with E-state index in [0.29, 0.717) is 16.8 Å². The second-order valence-corrected chi connectivity index (χ2v) is 9.09. The maximum Gasteiger partial charge on any atom is 0.338 e. The molecule has 1 heterocycles. The third-order valence-corrected chi connectivity index (χ3v) is 6.53. The Hall–Kier alpha value is -2.97. The van der Waals surface area contributed by atoms with Gasteiger partial charge in [-0.05, 0) is 37.6 Å². The number of hydrogen-bond acceptors (Lipinski definition) is 5. The van der Waals surface area contributed by atoms with Crippen LogP contribution in [0.2, 0.25) is 0 Å². The summed E-state index contributed by atoms with van der Waals surface area (Å²) in [6, 6.07) is 11.6. The molecule has 0 unspecified atom stereocenters. The van der Waals surface area contributed by atoms with Crippen molar-refractivity contribution in [3.63, 3.8) is 0 Å². The fourth-order valence-corrected chi connectivity index (χ4v) is 4.04. The smallest absolute Gasteiger partial charge is 0.338 e. The van der Waals surface area contributed by atoms with E-state index < -0.39 is 22.6 Å². The van der Waals surface area contributed by atoms with Gasteiger partial charge in [-0.15, -0.1) is 0 Å². The van der Waals surface area contributed by atoms with Crippen molar-refractivity contribution in [3.8, 4) is 0 Å². The van der Waals surface area contributed by atoms with Crippen molar-refractivity contribution in [1.29, 1.82) is 0 Å². The van der Waals surface area contributed by atoms with Crippen molar-refractivity contribution in [1.82, 2.24) is 9.29 Å². The first-order valence-corrected chi connectivity index (χ1v) is 10.4. The number of para-hydroxylation sites is 1. The van der Waals surface area contributed by atoms with Crippen LogP contribution in [0.15, 0.2) is 47.4 Å². The van der Waals surface area contributed by atoms with Crippen LogP contribution < -0.4 is 0 Å². The highest BCUT2D eigenvalue weighted by atomic mass is 32.2. The molecule has 0 saturated carbocycles. The summed E-state index contributed by atoms with van der Waals surface area (Å²) in [5, 5.41) is 0.765. The molecule has 0 radical (unpaired) electrons. The SMILES string of the molecule is Cc1ccc(S(=O)(=O)N(C)C)cc1C(=O)OCC(=O)c1c(C)[nH]c2ccccc12. The van der Waals surface area contributed by atoms with Crippen LogP contribution in [-0.2, 0) is 14.8 Å². The van der Waals surface area contributed by atoms with Crippen LogP contribution in [0, 0.1) is 13.8 Å². The first-order chi connectivity index (χ1) is 13.6. The van der Waals surface area contributed by atoms with Crippen LogP contribution in [0.4, 0.5) is 0 Å². The molecule has 152 valence electrons. The summed E-state index contributed by atoms with van der Waals surface area (Å²) in [7, 11) is -0.868. The molecule has 1 N–H and O–H groups in total. The van der Waals surface area contributed by atoms with Crippen molar-refractivity contribution >= 4 is 32.7 Å². The molecule has 0 bridgehead atoms. The van der Waals surface area contributed by atoms with E-state index in [1.165, 1.54) is 26.2 Å². The number of aromatic amines is 1. The van der Waals surface area contributed by atoms with E-state index in [0.717, 1.165) is 15.2 Å². The maximum atomic E-state index is 12.7. The summed E-state index contributed by atoms with van der Waals surface area (Å²) in [6.07, 6.45) is 0. The Bertz CT molecular complexity index is 1210. The number of sulfonamides is 1. The van der Waals surface area contributed by atoms with Gasteiger partial charge < -0.3 is 9.72 Å². The summed E-state index contributed by atoms with van der Waals surface area (Å²) in [4.78, 5) is 28.3. The summed E-state index contributed by atoms with van der Waals surface area (Å²) in [5.74, 6) is -1.08. The van der Waals surface area contributed by atoms with Gasteiger partial charge >= 0.3 is 5.97 Å². The first kappa shape index (κ1) is 20.8. The first-order valence-electron chi connectivity index (χ1n) is 8.93. The van der Waals surface area contributed by atoms with Crippen molar-refractivity contribution in [2.24, 2.45) is 0 Å². The van der Waals surface area contributed by atoms with Gasteiger partial charge in [0.2, 0.25) is 15.8 Å². The molecule has 0 aliphatic heterocycles. The Morgan fingerprint density at radius 1 is 1.07 bits per heavy atom. The summed E-state index contributed by atoms with van der Waals surface area (Å²) in [6.45, 7) is 3.02. The number of benzene rings is 2. The van der Waals surface area contributed by atoms with Crippen molar-refractivity contribution < 1.29 is 22.7 Å². The van der Waals surface area contributed by atoms with Gasteiger partial charge in [-0.25, -0.2) is 17.5 Å². The van der Waals surface area contributed by atoms with Gasteiger partial charge in [0.1, 0.15) is 0 Å². The number of aryl methyl sites for hydroxylation is 2. The Morgan fingerprint density at radius 2 is 1.76 bits per heavy atom. The number of ether oxygens (including phenoxy) is 1. The molecule has 3 rings (SSSR count). The summed E-state index contributed by atoms with van der Waals surface area (Å²) >= 11 is 0. The van der Waals surface area contributed by atoms with Gasteiger partial charge in [0, 0.05) is 36.3 Å². The quantitative estimate of drug-likeness (QED) is 0.494. The second-order valence-electron chi connectivity index (χ2n) is 6.93. The molecule has 8 heteroatoms. The van der Waals surface area contributed by atoms with Gasteiger partial charge in [-0.2, -0.15) is 0 Å². The molecule has 2 aromatic carbocycles. The molecule has 0 aliphatic rings. The summed E-state index contributed by atoms with van der Waals surface area (Å²) in [5.41, 5.74) is 2.67. The molecule has 0 atom stereocenters. The minimum Gasteiger partial charge on any atom is -0.454 e.